The van der Waals surface area contributed by atoms with Crippen LogP contribution in [0.2, 0.25) is 10.0 Å². The van der Waals surface area contributed by atoms with E-state index in [-0.39, 0.29) is 12.5 Å². The smallest absolute Gasteiger partial charge is 0.326 e. The quantitative estimate of drug-likeness (QED) is 0.806. The van der Waals surface area contributed by atoms with Gasteiger partial charge in [-0.05, 0) is 31.0 Å². The molecule has 1 fully saturated rings. The lowest BCUT2D eigenvalue weighted by molar-refractivity contribution is -0.151. The van der Waals surface area contributed by atoms with E-state index >= 15 is 0 Å². The van der Waals surface area contributed by atoms with E-state index < -0.39 is 18.5 Å². The van der Waals surface area contributed by atoms with Crippen LogP contribution in [0.4, 0.5) is 5.69 Å². The molecule has 1 heterocycles. The molecule has 1 aromatic rings. The fourth-order valence-electron chi connectivity index (χ4n) is 2.38. The van der Waals surface area contributed by atoms with E-state index in [9.17, 15) is 14.4 Å². The van der Waals surface area contributed by atoms with E-state index in [1.807, 2.05) is 0 Å². The zero-order chi connectivity index (χ0) is 17.5. The molecule has 1 aliphatic heterocycles. The molecule has 1 saturated heterocycles. The number of ether oxygens (including phenoxy) is 1. The molecule has 6 nitrogen and oxygen atoms in total. The predicted octanol–water partition coefficient (Wildman–Crippen LogP) is 2.88. The molecule has 1 N–H and O–H groups in total. The van der Waals surface area contributed by atoms with Gasteiger partial charge in [-0.15, -0.1) is 0 Å². The number of nitrogens with zero attached hydrogens (tertiary/aromatic N) is 1. The van der Waals surface area contributed by atoms with Crippen LogP contribution in [0.15, 0.2) is 18.2 Å². The first-order chi connectivity index (χ1) is 11.4. The lowest BCUT2D eigenvalue weighted by atomic mass is 10.2. The predicted molar refractivity (Wildman–Crippen MR) is 91.1 cm³/mol. The first-order valence-corrected chi connectivity index (χ1v) is 8.39. The number of carbonyl (C=O) groups excluding carboxylic acids is 3. The average Bonchev–Trinajstić information content (AvgIpc) is 2.69. The number of hydrogen-bond donors (Lipinski definition) is 1. The van der Waals surface area contributed by atoms with E-state index in [4.69, 9.17) is 27.9 Å². The topological polar surface area (TPSA) is 75.7 Å². The van der Waals surface area contributed by atoms with E-state index in [1.54, 1.807) is 0 Å². The second-order valence-corrected chi connectivity index (χ2v) is 6.37. The van der Waals surface area contributed by atoms with Gasteiger partial charge in [0.05, 0.1) is 0 Å². The summed E-state index contributed by atoms with van der Waals surface area (Å²) in [6.07, 6.45) is 3.13. The van der Waals surface area contributed by atoms with Crippen LogP contribution in [-0.4, -0.2) is 42.4 Å². The summed E-state index contributed by atoms with van der Waals surface area (Å²) in [7, 11) is 0. The normalized spacial score (nSPS) is 14.9. The van der Waals surface area contributed by atoms with Crippen LogP contribution in [-0.2, 0) is 19.1 Å². The maximum Gasteiger partial charge on any atom is 0.326 e. The minimum Gasteiger partial charge on any atom is -0.454 e. The van der Waals surface area contributed by atoms with Gasteiger partial charge in [0.2, 0.25) is 5.91 Å². The minimum absolute atomic E-state index is 0.0533. The van der Waals surface area contributed by atoms with Crippen molar-refractivity contribution < 1.29 is 19.1 Å². The molecule has 2 rings (SSSR count). The van der Waals surface area contributed by atoms with Gasteiger partial charge >= 0.3 is 5.97 Å². The molecule has 0 unspecified atom stereocenters. The van der Waals surface area contributed by atoms with Gasteiger partial charge in [0.15, 0.2) is 6.61 Å². The Morgan fingerprint density at radius 3 is 2.54 bits per heavy atom. The summed E-state index contributed by atoms with van der Waals surface area (Å²) in [6.45, 7) is -0.0265. The third-order valence-corrected chi connectivity index (χ3v) is 3.94. The number of hydrogen-bond acceptors (Lipinski definition) is 4. The first kappa shape index (κ1) is 18.5. The fourth-order valence-corrected chi connectivity index (χ4v) is 2.90. The molecular weight excluding hydrogens is 355 g/mol. The summed E-state index contributed by atoms with van der Waals surface area (Å²) in [6, 6.07) is 4.60. The van der Waals surface area contributed by atoms with Crippen molar-refractivity contribution in [1.29, 1.82) is 0 Å². The van der Waals surface area contributed by atoms with Crippen molar-refractivity contribution in [3.63, 3.8) is 0 Å². The van der Waals surface area contributed by atoms with Crippen LogP contribution in [0.5, 0.6) is 0 Å². The van der Waals surface area contributed by atoms with Gasteiger partial charge in [0, 0.05) is 28.7 Å². The summed E-state index contributed by atoms with van der Waals surface area (Å²) in [5.41, 5.74) is 0.413. The Bertz CT molecular complexity index is 616. The Hall–Kier alpha value is -1.79. The molecular formula is C16H18Cl2N2O4. The van der Waals surface area contributed by atoms with Gasteiger partial charge in [0.25, 0.3) is 5.91 Å². The van der Waals surface area contributed by atoms with Gasteiger partial charge in [-0.3, -0.25) is 14.4 Å². The lowest BCUT2D eigenvalue weighted by Gasteiger charge is -2.19. The van der Waals surface area contributed by atoms with Crippen LogP contribution in [0, 0.1) is 0 Å². The monoisotopic (exact) mass is 372 g/mol. The van der Waals surface area contributed by atoms with Crippen molar-refractivity contribution in [2.75, 3.05) is 25.0 Å². The maximum absolute atomic E-state index is 11.8. The Balaban J connectivity index is 1.78. The standard InChI is InChI=1S/C16H18Cl2N2O4/c17-11-6-12(18)8-13(7-11)19-14(21)10-24-16(23)9-20-5-3-1-2-4-15(20)22/h6-8H,1-5,9-10H2,(H,19,21). The molecule has 24 heavy (non-hydrogen) atoms. The Labute approximate surface area is 150 Å². The lowest BCUT2D eigenvalue weighted by Crippen LogP contribution is -2.36. The van der Waals surface area contributed by atoms with Crippen LogP contribution in [0.1, 0.15) is 25.7 Å². The van der Waals surface area contributed by atoms with E-state index in [0.717, 1.165) is 19.3 Å². The van der Waals surface area contributed by atoms with E-state index in [1.165, 1.54) is 23.1 Å². The fraction of sp³-hybridized carbons (Fsp3) is 0.438. The Kier molecular flexibility index (Phi) is 6.87. The highest BCUT2D eigenvalue weighted by atomic mass is 35.5. The summed E-state index contributed by atoms with van der Waals surface area (Å²) in [4.78, 5) is 36.9. The van der Waals surface area contributed by atoms with E-state index in [0.29, 0.717) is 28.7 Å². The number of halogens is 2. The number of amides is 2. The molecule has 130 valence electrons. The number of likely N-dealkylation sites (tertiary alicyclic amines) is 1. The van der Waals surface area contributed by atoms with Crippen molar-refractivity contribution in [3.05, 3.63) is 28.2 Å². The minimum atomic E-state index is -0.607. The molecule has 0 aliphatic carbocycles. The summed E-state index contributed by atoms with van der Waals surface area (Å²) in [5, 5.41) is 3.30. The zero-order valence-electron chi connectivity index (χ0n) is 13.0. The van der Waals surface area contributed by atoms with Crippen molar-refractivity contribution in [3.8, 4) is 0 Å². The van der Waals surface area contributed by atoms with Crippen molar-refractivity contribution in [2.45, 2.75) is 25.7 Å². The SMILES string of the molecule is O=C(COC(=O)CN1CCCCCC1=O)Nc1cc(Cl)cc(Cl)c1. The summed E-state index contributed by atoms with van der Waals surface area (Å²) >= 11 is 11.7. The van der Waals surface area contributed by atoms with Gasteiger partial charge in [-0.25, -0.2) is 0 Å². The Morgan fingerprint density at radius 1 is 1.12 bits per heavy atom. The molecule has 2 amide bonds. The Morgan fingerprint density at radius 2 is 1.83 bits per heavy atom. The summed E-state index contributed by atoms with van der Waals surface area (Å²) < 4.78 is 4.92. The molecule has 0 spiro atoms. The first-order valence-electron chi connectivity index (χ1n) is 7.63. The second-order valence-electron chi connectivity index (χ2n) is 5.49. The number of esters is 1. The van der Waals surface area contributed by atoms with Crippen molar-refractivity contribution in [1.82, 2.24) is 4.90 Å². The van der Waals surface area contributed by atoms with Crippen LogP contribution in [0.3, 0.4) is 0 Å². The highest BCUT2D eigenvalue weighted by Crippen LogP contribution is 2.22. The van der Waals surface area contributed by atoms with Crippen LogP contribution < -0.4 is 5.32 Å². The van der Waals surface area contributed by atoms with Gasteiger partial charge in [-0.1, -0.05) is 29.6 Å². The number of carbonyl (C=O) groups is 3. The second kappa shape index (κ2) is 8.89. The maximum atomic E-state index is 11.8. The molecule has 1 aromatic carbocycles. The molecule has 0 saturated carbocycles. The van der Waals surface area contributed by atoms with Gasteiger partial charge < -0.3 is 15.0 Å². The third kappa shape index (κ3) is 6.02. The third-order valence-electron chi connectivity index (χ3n) is 3.50. The highest BCUT2D eigenvalue weighted by Gasteiger charge is 2.20. The highest BCUT2D eigenvalue weighted by molar-refractivity contribution is 6.35. The number of benzene rings is 1. The number of rotatable bonds is 5. The van der Waals surface area contributed by atoms with Crippen LogP contribution >= 0.6 is 23.2 Å². The molecule has 0 aromatic heterocycles. The molecule has 8 heteroatoms. The van der Waals surface area contributed by atoms with Gasteiger partial charge in [0.1, 0.15) is 6.54 Å². The average molecular weight is 373 g/mol. The molecule has 0 atom stereocenters. The zero-order valence-corrected chi connectivity index (χ0v) is 14.5. The molecule has 0 radical (unpaired) electrons. The van der Waals surface area contributed by atoms with Gasteiger partial charge in [-0.2, -0.15) is 0 Å². The van der Waals surface area contributed by atoms with E-state index in [2.05, 4.69) is 5.32 Å². The van der Waals surface area contributed by atoms with Crippen LogP contribution in [0.25, 0.3) is 0 Å². The van der Waals surface area contributed by atoms with Crippen molar-refractivity contribution >= 4 is 46.7 Å². The largest absolute Gasteiger partial charge is 0.454 e. The number of anilines is 1. The number of nitrogens with one attached hydrogen (secondary N) is 1. The van der Waals surface area contributed by atoms with Crippen molar-refractivity contribution in [2.24, 2.45) is 0 Å². The molecule has 1 aliphatic rings. The summed E-state index contributed by atoms with van der Waals surface area (Å²) in [5.74, 6) is -1.17. The molecule has 0 bridgehead atoms.